The second-order valence-electron chi connectivity index (χ2n) is 5.27. The summed E-state index contributed by atoms with van der Waals surface area (Å²) in [4.78, 5) is 15.6. The second kappa shape index (κ2) is 7.75. The molecule has 0 aromatic carbocycles. The molecule has 1 unspecified atom stereocenters. The van der Waals surface area contributed by atoms with Crippen LogP contribution in [0, 0.1) is 0 Å². The number of nitrogens with zero attached hydrogens (tertiary/aromatic N) is 1. The van der Waals surface area contributed by atoms with Crippen molar-refractivity contribution >= 4 is 29.9 Å². The molecule has 2 saturated heterocycles. The predicted molar refractivity (Wildman–Crippen MR) is 76.0 cm³/mol. The summed E-state index contributed by atoms with van der Waals surface area (Å²) in [6, 6.07) is 0.773. The van der Waals surface area contributed by atoms with Gasteiger partial charge in [-0.2, -0.15) is 0 Å². The van der Waals surface area contributed by atoms with Gasteiger partial charge in [0.1, 0.15) is 0 Å². The maximum atomic E-state index is 12.0. The number of amides is 1. The first kappa shape index (κ1) is 14.7. The third-order valence-corrected chi connectivity index (χ3v) is 8.11. The predicted octanol–water partition coefficient (Wildman–Crippen LogP) is -2.16. The molecular weight excluding hydrogens is 313 g/mol. The van der Waals surface area contributed by atoms with Gasteiger partial charge in [0.15, 0.2) is 0 Å². The van der Waals surface area contributed by atoms with E-state index in [9.17, 15) is 4.79 Å². The molecule has 0 aromatic rings. The van der Waals surface area contributed by atoms with Gasteiger partial charge in [0, 0.05) is 0 Å². The number of hydrogen-bond acceptors (Lipinski definition) is 2. The molecule has 0 spiro atoms. The molecule has 4 nitrogen and oxygen atoms in total. The van der Waals surface area contributed by atoms with Crippen LogP contribution in [0.3, 0.4) is 0 Å². The first-order valence-corrected chi connectivity index (χ1v) is 11.1. The second-order valence-corrected chi connectivity index (χ2v) is 9.90. The molecule has 18 heavy (non-hydrogen) atoms. The van der Waals surface area contributed by atoms with Crippen LogP contribution in [0.2, 0.25) is 5.32 Å². The van der Waals surface area contributed by atoms with E-state index in [-0.39, 0.29) is 0 Å². The monoisotopic (exact) mass is 339 g/mol. The van der Waals surface area contributed by atoms with Crippen molar-refractivity contribution in [3.05, 3.63) is 0 Å². The van der Waals surface area contributed by atoms with Crippen molar-refractivity contribution in [2.24, 2.45) is 0 Å². The van der Waals surface area contributed by atoms with E-state index in [4.69, 9.17) is 0 Å². The van der Waals surface area contributed by atoms with E-state index < -0.39 is 0 Å². The average molecular weight is 338 g/mol. The van der Waals surface area contributed by atoms with Crippen LogP contribution >= 0.6 is 10.2 Å². The number of likely N-dealkylation sites (N-methyl/N-ethyl adjacent to an activating group) is 1. The maximum absolute atomic E-state index is 12.0. The van der Waals surface area contributed by atoms with E-state index in [2.05, 4.69) is 27.4 Å². The summed E-state index contributed by atoms with van der Waals surface area (Å²) < 4.78 is 0. The van der Waals surface area contributed by atoms with E-state index in [0.717, 1.165) is 59.0 Å². The number of quaternary nitrogens is 2. The first-order valence-electron chi connectivity index (χ1n) is 6.92. The van der Waals surface area contributed by atoms with Gasteiger partial charge in [0.05, 0.1) is 0 Å². The third-order valence-electron chi connectivity index (χ3n) is 3.77. The number of rotatable bonds is 4. The van der Waals surface area contributed by atoms with Crippen LogP contribution < -0.4 is 10.2 Å². The van der Waals surface area contributed by atoms with Crippen LogP contribution in [-0.4, -0.2) is 76.2 Å². The molecule has 0 saturated carbocycles. The van der Waals surface area contributed by atoms with E-state index in [0.29, 0.717) is 5.91 Å². The molecule has 2 rings (SSSR count). The zero-order chi connectivity index (χ0) is 12.8. The minimum atomic E-state index is 0.367. The fourth-order valence-corrected chi connectivity index (χ4v) is 6.88. The van der Waals surface area contributed by atoms with Gasteiger partial charge in [-0.25, -0.2) is 0 Å². The Bertz CT molecular complexity index is 266. The van der Waals surface area contributed by atoms with E-state index in [1.165, 1.54) is 17.5 Å². The molecule has 6 heteroatoms. The summed E-state index contributed by atoms with van der Waals surface area (Å²) in [5.41, 5.74) is 0. The zero-order valence-corrected chi connectivity index (χ0v) is 13.7. The summed E-state index contributed by atoms with van der Waals surface area (Å²) in [5.74, 6) is 1.66. The summed E-state index contributed by atoms with van der Waals surface area (Å²) in [6.07, 6.45) is 2.09. The Morgan fingerprint density at radius 1 is 1.50 bits per heavy atom. The van der Waals surface area contributed by atoms with Crippen molar-refractivity contribution in [2.75, 3.05) is 45.5 Å². The van der Waals surface area contributed by atoms with Gasteiger partial charge < -0.3 is 0 Å². The van der Waals surface area contributed by atoms with Crippen molar-refractivity contribution < 1.29 is 15.0 Å². The molecule has 0 radical (unpaired) electrons. The molecule has 2 fully saturated rings. The molecule has 0 aliphatic carbocycles. The molecule has 2 aliphatic heterocycles. The number of carbonyl (C=O) groups is 1. The Hall–Kier alpha value is 0.259. The summed E-state index contributed by atoms with van der Waals surface area (Å²) in [5, 5.41) is 3.81. The van der Waals surface area contributed by atoms with Crippen molar-refractivity contribution in [2.45, 2.75) is 24.2 Å². The Labute approximate surface area is 119 Å². The SMILES string of the molecule is C[NH+]1CCN(C(=O)CC[NH2+]C2CC[Se]SC2)CC1. The number of hydrogen-bond donors (Lipinski definition) is 2. The van der Waals surface area contributed by atoms with E-state index >= 15 is 0 Å². The molecule has 2 heterocycles. The number of nitrogens with two attached hydrogens (primary N) is 1. The molecule has 104 valence electrons. The van der Waals surface area contributed by atoms with Crippen LogP contribution in [0.25, 0.3) is 0 Å². The molecular formula is C12H25N3OSSe+2. The van der Waals surface area contributed by atoms with Crippen molar-refractivity contribution in [3.63, 3.8) is 0 Å². The number of nitrogens with one attached hydrogen (secondary N) is 1. The molecule has 2 aliphatic rings. The van der Waals surface area contributed by atoms with Crippen LogP contribution in [0.15, 0.2) is 0 Å². The number of piperazine rings is 1. The van der Waals surface area contributed by atoms with Crippen molar-refractivity contribution in [3.8, 4) is 0 Å². The fourth-order valence-electron chi connectivity index (χ4n) is 2.40. The van der Waals surface area contributed by atoms with Gasteiger partial charge in [0.2, 0.25) is 0 Å². The van der Waals surface area contributed by atoms with Crippen LogP contribution in [0.5, 0.6) is 0 Å². The van der Waals surface area contributed by atoms with E-state index in [1.54, 1.807) is 4.90 Å². The molecule has 0 aromatic heterocycles. The van der Waals surface area contributed by atoms with Gasteiger partial charge in [0.25, 0.3) is 0 Å². The van der Waals surface area contributed by atoms with Crippen LogP contribution in [0.4, 0.5) is 0 Å². The normalized spacial score (nSPS) is 26.3. The quantitative estimate of drug-likeness (QED) is 0.574. The Morgan fingerprint density at radius 2 is 2.28 bits per heavy atom. The first-order chi connectivity index (χ1) is 8.75. The summed E-state index contributed by atoms with van der Waals surface area (Å²) in [6.45, 7) is 5.10. The third kappa shape index (κ3) is 4.74. The van der Waals surface area contributed by atoms with Gasteiger partial charge in [-0.05, 0) is 0 Å². The van der Waals surface area contributed by atoms with Crippen molar-refractivity contribution in [1.82, 2.24) is 4.90 Å². The molecule has 1 atom stereocenters. The van der Waals surface area contributed by atoms with E-state index in [1.807, 2.05) is 0 Å². The van der Waals surface area contributed by atoms with Gasteiger partial charge in [-0.15, -0.1) is 0 Å². The Balaban J connectivity index is 1.59. The molecule has 3 N–H and O–H groups in total. The van der Waals surface area contributed by atoms with Gasteiger partial charge >= 0.3 is 120 Å². The fraction of sp³-hybridized carbons (Fsp3) is 0.917. The average Bonchev–Trinajstić information content (AvgIpc) is 2.40. The van der Waals surface area contributed by atoms with Crippen LogP contribution in [-0.2, 0) is 4.79 Å². The van der Waals surface area contributed by atoms with Gasteiger partial charge in [-0.3, -0.25) is 0 Å². The molecule has 0 bridgehead atoms. The standard InChI is InChI=1S/C12H23N3OSSe/c1-14-5-7-15(8-6-14)12(16)2-4-13-11-3-9-18-17-10-11/h11,13H,2-10H2,1H3/p+2. The topological polar surface area (TPSA) is 41.4 Å². The number of carbonyl (C=O) groups excluding carboxylic acids is 1. The molecule has 1 amide bonds. The Kier molecular flexibility index (Phi) is 6.32. The van der Waals surface area contributed by atoms with Gasteiger partial charge in [-0.1, -0.05) is 0 Å². The van der Waals surface area contributed by atoms with Crippen LogP contribution in [0.1, 0.15) is 12.8 Å². The Morgan fingerprint density at radius 3 is 2.94 bits per heavy atom. The minimum absolute atomic E-state index is 0.367. The zero-order valence-electron chi connectivity index (χ0n) is 11.2. The van der Waals surface area contributed by atoms with Crippen molar-refractivity contribution in [1.29, 1.82) is 0 Å². The summed E-state index contributed by atoms with van der Waals surface area (Å²) in [7, 11) is 4.33. The summed E-state index contributed by atoms with van der Waals surface area (Å²) >= 11 is 0.836.